The highest BCUT2D eigenvalue weighted by atomic mass is 32.1. The van der Waals surface area contributed by atoms with Crippen LogP contribution < -0.4 is 5.32 Å². The summed E-state index contributed by atoms with van der Waals surface area (Å²) in [5.41, 5.74) is 4.26. The molecule has 0 unspecified atom stereocenters. The Morgan fingerprint density at radius 2 is 1.81 bits per heavy atom. The Bertz CT molecular complexity index is 1230. The molecule has 1 aliphatic carbocycles. The zero-order valence-corrected chi connectivity index (χ0v) is 18.7. The second kappa shape index (κ2) is 8.99. The summed E-state index contributed by atoms with van der Waals surface area (Å²) in [4.78, 5) is 7.22. The van der Waals surface area contributed by atoms with Crippen molar-refractivity contribution in [2.75, 3.05) is 11.9 Å². The molecular formula is C27H27N3S. The summed E-state index contributed by atoms with van der Waals surface area (Å²) < 4.78 is 2.26. The van der Waals surface area contributed by atoms with Gasteiger partial charge >= 0.3 is 0 Å². The van der Waals surface area contributed by atoms with E-state index in [1.165, 1.54) is 37.8 Å². The number of imidazole rings is 1. The van der Waals surface area contributed by atoms with Crippen LogP contribution in [0.2, 0.25) is 0 Å². The topological polar surface area (TPSA) is 29.3 Å². The van der Waals surface area contributed by atoms with Gasteiger partial charge in [0, 0.05) is 17.8 Å². The summed E-state index contributed by atoms with van der Waals surface area (Å²) in [6.07, 6.45) is 6.77. The van der Waals surface area contributed by atoms with Gasteiger partial charge in [0.05, 0.1) is 9.75 Å². The second-order valence-electron chi connectivity index (χ2n) is 8.33. The summed E-state index contributed by atoms with van der Waals surface area (Å²) in [7, 11) is 0. The van der Waals surface area contributed by atoms with Crippen LogP contribution in [0.4, 0.5) is 5.82 Å². The van der Waals surface area contributed by atoms with Gasteiger partial charge in [0.1, 0.15) is 17.2 Å². The molecule has 0 atom stereocenters. The number of nitrogens with zero attached hydrogens (tertiary/aromatic N) is 2. The molecule has 156 valence electrons. The zero-order valence-electron chi connectivity index (χ0n) is 17.9. The van der Waals surface area contributed by atoms with Crippen molar-refractivity contribution in [2.24, 2.45) is 5.92 Å². The number of rotatable bonds is 4. The lowest BCUT2D eigenvalue weighted by molar-refractivity contribution is 0.373. The number of benzene rings is 1. The minimum absolute atomic E-state index is 0.756. The molecule has 0 saturated heterocycles. The summed E-state index contributed by atoms with van der Waals surface area (Å²) in [5, 5.41) is 3.78. The van der Waals surface area contributed by atoms with E-state index in [1.54, 1.807) is 11.3 Å². The number of fused-ring (bicyclic) bond motifs is 1. The van der Waals surface area contributed by atoms with Crippen LogP contribution in [0, 0.1) is 24.7 Å². The molecule has 0 aliphatic heterocycles. The smallest absolute Gasteiger partial charge is 0.139 e. The van der Waals surface area contributed by atoms with Crippen molar-refractivity contribution in [3.63, 3.8) is 0 Å². The number of thiophene rings is 1. The molecule has 3 aromatic heterocycles. The van der Waals surface area contributed by atoms with Crippen LogP contribution in [0.25, 0.3) is 16.2 Å². The van der Waals surface area contributed by atoms with Gasteiger partial charge in [-0.05, 0) is 62.1 Å². The van der Waals surface area contributed by atoms with E-state index in [2.05, 4.69) is 58.8 Å². The molecule has 1 N–H and O–H groups in total. The van der Waals surface area contributed by atoms with Crippen LogP contribution in [-0.4, -0.2) is 15.9 Å². The van der Waals surface area contributed by atoms with E-state index >= 15 is 0 Å². The Hall–Kier alpha value is -3.03. The molecule has 3 heterocycles. The Morgan fingerprint density at radius 3 is 2.65 bits per heavy atom. The van der Waals surface area contributed by atoms with Gasteiger partial charge in [-0.3, -0.25) is 4.40 Å². The molecule has 1 saturated carbocycles. The first-order valence-electron chi connectivity index (χ1n) is 11.2. The molecule has 1 fully saturated rings. The second-order valence-corrected chi connectivity index (χ2v) is 9.42. The first-order valence-corrected chi connectivity index (χ1v) is 12.0. The number of nitrogens with one attached hydrogen (secondary N) is 1. The number of hydrogen-bond donors (Lipinski definition) is 1. The number of anilines is 1. The van der Waals surface area contributed by atoms with Gasteiger partial charge in [-0.1, -0.05) is 55.4 Å². The van der Waals surface area contributed by atoms with E-state index in [1.807, 2.05) is 30.3 Å². The number of pyridine rings is 1. The minimum Gasteiger partial charge on any atom is -0.369 e. The van der Waals surface area contributed by atoms with E-state index in [-0.39, 0.29) is 0 Å². The van der Waals surface area contributed by atoms with Gasteiger partial charge in [0.2, 0.25) is 0 Å². The maximum Gasteiger partial charge on any atom is 0.139 e. The van der Waals surface area contributed by atoms with Gasteiger partial charge < -0.3 is 5.32 Å². The van der Waals surface area contributed by atoms with Gasteiger partial charge in [0.25, 0.3) is 0 Å². The molecule has 1 aliphatic rings. The van der Waals surface area contributed by atoms with Crippen molar-refractivity contribution < 1.29 is 0 Å². The van der Waals surface area contributed by atoms with E-state index in [0.29, 0.717) is 0 Å². The summed E-state index contributed by atoms with van der Waals surface area (Å²) >= 11 is 1.71. The summed E-state index contributed by atoms with van der Waals surface area (Å²) in [5.74, 6) is 8.45. The van der Waals surface area contributed by atoms with Crippen molar-refractivity contribution in [1.82, 2.24) is 9.38 Å². The molecule has 31 heavy (non-hydrogen) atoms. The average molecular weight is 426 g/mol. The number of hydrogen-bond acceptors (Lipinski definition) is 3. The molecule has 5 rings (SSSR count). The third-order valence-corrected chi connectivity index (χ3v) is 7.07. The number of aryl methyl sites for hydroxylation is 1. The van der Waals surface area contributed by atoms with Crippen molar-refractivity contribution in [1.29, 1.82) is 0 Å². The molecule has 0 radical (unpaired) electrons. The third-order valence-electron chi connectivity index (χ3n) is 6.06. The van der Waals surface area contributed by atoms with Crippen molar-refractivity contribution in [3.8, 4) is 22.4 Å². The molecule has 0 bridgehead atoms. The normalized spacial score (nSPS) is 14.4. The lowest BCUT2D eigenvalue weighted by Crippen LogP contribution is -2.18. The highest BCUT2D eigenvalue weighted by Gasteiger charge is 2.19. The van der Waals surface area contributed by atoms with Crippen LogP contribution in [0.15, 0.2) is 60.7 Å². The Morgan fingerprint density at radius 1 is 0.968 bits per heavy atom. The fraction of sp³-hybridized carbons (Fsp3) is 0.296. The van der Waals surface area contributed by atoms with Crippen molar-refractivity contribution >= 4 is 22.8 Å². The van der Waals surface area contributed by atoms with Crippen molar-refractivity contribution in [3.05, 3.63) is 76.8 Å². The number of aromatic nitrogens is 2. The predicted molar refractivity (Wildman–Crippen MR) is 131 cm³/mol. The molecule has 3 nitrogen and oxygen atoms in total. The molecule has 4 heteroatoms. The lowest BCUT2D eigenvalue weighted by Gasteiger charge is -2.22. The van der Waals surface area contributed by atoms with Crippen LogP contribution >= 0.6 is 11.3 Å². The van der Waals surface area contributed by atoms with Crippen LogP contribution in [0.3, 0.4) is 0 Å². The Balaban J connectivity index is 1.47. The average Bonchev–Trinajstić information content (AvgIpc) is 3.43. The fourth-order valence-electron chi connectivity index (χ4n) is 4.41. The summed E-state index contributed by atoms with van der Waals surface area (Å²) in [6.45, 7) is 3.16. The minimum atomic E-state index is 0.756. The van der Waals surface area contributed by atoms with Gasteiger partial charge in [-0.25, -0.2) is 4.98 Å². The summed E-state index contributed by atoms with van der Waals surface area (Å²) in [6, 6.07) is 20.7. The largest absolute Gasteiger partial charge is 0.369 e. The molecular weight excluding hydrogens is 398 g/mol. The first-order chi connectivity index (χ1) is 15.3. The van der Waals surface area contributed by atoms with Crippen molar-refractivity contribution in [2.45, 2.75) is 39.0 Å². The van der Waals surface area contributed by atoms with E-state index < -0.39 is 0 Å². The molecule has 0 amide bonds. The molecule has 1 aromatic carbocycles. The Labute approximate surface area is 188 Å². The highest BCUT2D eigenvalue weighted by molar-refractivity contribution is 7.16. The highest BCUT2D eigenvalue weighted by Crippen LogP contribution is 2.35. The van der Waals surface area contributed by atoms with Gasteiger partial charge in [-0.2, -0.15) is 0 Å². The van der Waals surface area contributed by atoms with E-state index in [9.17, 15) is 0 Å². The molecule has 4 aromatic rings. The van der Waals surface area contributed by atoms with E-state index in [0.717, 1.165) is 44.9 Å². The fourth-order valence-corrected chi connectivity index (χ4v) is 5.26. The maximum absolute atomic E-state index is 5.00. The lowest BCUT2D eigenvalue weighted by atomic mass is 9.89. The first kappa shape index (κ1) is 19.9. The zero-order chi connectivity index (χ0) is 21.0. The van der Waals surface area contributed by atoms with Crippen LogP contribution in [0.5, 0.6) is 0 Å². The molecule has 0 spiro atoms. The SMILES string of the molecule is Cc1cccc2nc(-c3ccc(C#Cc4ccccc4)s3)c(NCC3CCCCC3)n12. The van der Waals surface area contributed by atoms with Gasteiger partial charge in [0.15, 0.2) is 0 Å². The van der Waals surface area contributed by atoms with Gasteiger partial charge in [-0.15, -0.1) is 11.3 Å². The quantitative estimate of drug-likeness (QED) is 0.366. The maximum atomic E-state index is 5.00. The standard InChI is InChI=1S/C27H27N3S/c1-20-9-8-14-25-29-26(27(30(20)25)28-19-22-12-6-3-7-13-22)24-18-17-23(31-24)16-15-21-10-4-2-5-11-21/h2,4-5,8-11,14,17-18,22,28H,3,6-7,12-13,19H2,1H3. The third kappa shape index (κ3) is 4.38. The van der Waals surface area contributed by atoms with E-state index in [4.69, 9.17) is 4.98 Å². The predicted octanol–water partition coefficient (Wildman–Crippen LogP) is 6.76. The Kier molecular flexibility index (Phi) is 5.78. The van der Waals surface area contributed by atoms with Crippen LogP contribution in [-0.2, 0) is 0 Å². The van der Waals surface area contributed by atoms with Crippen LogP contribution in [0.1, 0.15) is 48.2 Å². The monoisotopic (exact) mass is 425 g/mol.